The summed E-state index contributed by atoms with van der Waals surface area (Å²) in [5.41, 5.74) is 2.80. The lowest BCUT2D eigenvalue weighted by molar-refractivity contribution is 0.351. The Bertz CT molecular complexity index is 407. The maximum Gasteiger partial charge on any atom is 0.0430 e. The summed E-state index contributed by atoms with van der Waals surface area (Å²) in [6, 6.07) is 6.55. The lowest BCUT2D eigenvalue weighted by Crippen LogP contribution is -2.22. The number of hydrogen-bond acceptors (Lipinski definition) is 1. The molecule has 2 aliphatic rings. The van der Waals surface area contributed by atoms with Crippen molar-refractivity contribution in [1.82, 2.24) is 4.90 Å². The fourth-order valence-electron chi connectivity index (χ4n) is 2.08. The predicted molar refractivity (Wildman–Crippen MR) is 66.3 cm³/mol. The van der Waals surface area contributed by atoms with E-state index in [1.54, 1.807) is 0 Å². The standard InChI is InChI=1S/C13H14BrN/c14-13-4-3-12-9-15(8-10-1-2-10)6-5-11(12)7-13/h3-7,10H,1-2,8-9H2. The molecule has 0 unspecified atom stereocenters. The number of nitrogens with zero attached hydrogens (tertiary/aromatic N) is 1. The van der Waals surface area contributed by atoms with Crippen LogP contribution in [-0.2, 0) is 6.54 Å². The molecule has 0 saturated heterocycles. The molecule has 1 aliphatic heterocycles. The fourth-order valence-corrected chi connectivity index (χ4v) is 2.46. The monoisotopic (exact) mass is 263 g/mol. The molecule has 1 aliphatic carbocycles. The Hall–Kier alpha value is -0.760. The van der Waals surface area contributed by atoms with Gasteiger partial charge < -0.3 is 4.90 Å². The van der Waals surface area contributed by atoms with Crippen LogP contribution in [0.15, 0.2) is 28.9 Å². The van der Waals surface area contributed by atoms with Crippen molar-refractivity contribution < 1.29 is 0 Å². The molecule has 0 N–H and O–H groups in total. The second kappa shape index (κ2) is 3.67. The molecule has 0 radical (unpaired) electrons. The van der Waals surface area contributed by atoms with Gasteiger partial charge in [0.25, 0.3) is 0 Å². The number of benzene rings is 1. The third kappa shape index (κ3) is 2.10. The van der Waals surface area contributed by atoms with E-state index in [9.17, 15) is 0 Å². The molecular formula is C13H14BrN. The van der Waals surface area contributed by atoms with Crippen molar-refractivity contribution in [2.45, 2.75) is 19.4 Å². The van der Waals surface area contributed by atoms with Crippen LogP contribution in [0.3, 0.4) is 0 Å². The zero-order chi connectivity index (χ0) is 10.3. The van der Waals surface area contributed by atoms with E-state index in [0.29, 0.717) is 0 Å². The quantitative estimate of drug-likeness (QED) is 0.788. The van der Waals surface area contributed by atoms with Gasteiger partial charge in [0.05, 0.1) is 0 Å². The van der Waals surface area contributed by atoms with Crippen LogP contribution in [0, 0.1) is 5.92 Å². The minimum Gasteiger partial charge on any atom is -0.373 e. The lowest BCUT2D eigenvalue weighted by atomic mass is 10.0. The Kier molecular flexibility index (Phi) is 2.32. The van der Waals surface area contributed by atoms with E-state index in [1.165, 1.54) is 35.0 Å². The van der Waals surface area contributed by atoms with Gasteiger partial charge in [-0.25, -0.2) is 0 Å². The summed E-state index contributed by atoms with van der Waals surface area (Å²) in [5, 5.41) is 0. The van der Waals surface area contributed by atoms with Crippen molar-refractivity contribution in [3.05, 3.63) is 40.0 Å². The molecule has 0 spiro atoms. The summed E-state index contributed by atoms with van der Waals surface area (Å²) in [7, 11) is 0. The topological polar surface area (TPSA) is 3.24 Å². The summed E-state index contributed by atoms with van der Waals surface area (Å²) in [4.78, 5) is 2.44. The van der Waals surface area contributed by atoms with E-state index in [-0.39, 0.29) is 0 Å². The van der Waals surface area contributed by atoms with Crippen molar-refractivity contribution in [2.24, 2.45) is 5.92 Å². The Balaban J connectivity index is 1.80. The summed E-state index contributed by atoms with van der Waals surface area (Å²) in [6.45, 7) is 2.32. The Morgan fingerprint density at radius 3 is 3.00 bits per heavy atom. The molecule has 1 heterocycles. The molecule has 1 aromatic rings. The first-order valence-corrected chi connectivity index (χ1v) is 6.31. The van der Waals surface area contributed by atoms with Gasteiger partial charge in [0, 0.05) is 17.6 Å². The highest BCUT2D eigenvalue weighted by atomic mass is 79.9. The second-order valence-corrected chi connectivity index (χ2v) is 5.45. The Labute approximate surface area is 98.9 Å². The lowest BCUT2D eigenvalue weighted by Gasteiger charge is -2.25. The van der Waals surface area contributed by atoms with Crippen molar-refractivity contribution in [2.75, 3.05) is 6.54 Å². The van der Waals surface area contributed by atoms with Gasteiger partial charge in [0.1, 0.15) is 0 Å². The molecule has 15 heavy (non-hydrogen) atoms. The molecule has 1 fully saturated rings. The van der Waals surface area contributed by atoms with Gasteiger partial charge in [-0.15, -0.1) is 0 Å². The molecule has 0 atom stereocenters. The molecule has 0 aromatic heterocycles. The molecule has 78 valence electrons. The first-order valence-electron chi connectivity index (χ1n) is 5.52. The van der Waals surface area contributed by atoms with Gasteiger partial charge >= 0.3 is 0 Å². The molecule has 1 nitrogen and oxygen atoms in total. The van der Waals surface area contributed by atoms with E-state index in [0.717, 1.165) is 12.5 Å². The zero-order valence-electron chi connectivity index (χ0n) is 8.62. The van der Waals surface area contributed by atoms with E-state index >= 15 is 0 Å². The highest BCUT2D eigenvalue weighted by Crippen LogP contribution is 2.32. The maximum atomic E-state index is 3.51. The highest BCUT2D eigenvalue weighted by molar-refractivity contribution is 9.10. The highest BCUT2D eigenvalue weighted by Gasteiger charge is 2.24. The summed E-state index contributed by atoms with van der Waals surface area (Å²) < 4.78 is 1.17. The Morgan fingerprint density at radius 2 is 2.20 bits per heavy atom. The van der Waals surface area contributed by atoms with Gasteiger partial charge in [-0.1, -0.05) is 22.0 Å². The maximum absolute atomic E-state index is 3.51. The normalized spacial score (nSPS) is 19.1. The van der Waals surface area contributed by atoms with Crippen LogP contribution < -0.4 is 0 Å². The third-order valence-electron chi connectivity index (χ3n) is 3.14. The van der Waals surface area contributed by atoms with Crippen LogP contribution in [0.2, 0.25) is 0 Å². The van der Waals surface area contributed by atoms with Crippen molar-refractivity contribution in [1.29, 1.82) is 0 Å². The SMILES string of the molecule is Brc1ccc2c(c1)C=CN(CC1CC1)C2. The molecule has 0 bridgehead atoms. The average molecular weight is 264 g/mol. The van der Waals surface area contributed by atoms with Gasteiger partial charge in [-0.2, -0.15) is 0 Å². The predicted octanol–water partition coefficient (Wildman–Crippen LogP) is 3.65. The molecule has 1 saturated carbocycles. The second-order valence-electron chi connectivity index (χ2n) is 4.53. The largest absolute Gasteiger partial charge is 0.373 e. The van der Waals surface area contributed by atoms with E-state index in [1.807, 2.05) is 0 Å². The average Bonchev–Trinajstić information content (AvgIpc) is 3.02. The zero-order valence-corrected chi connectivity index (χ0v) is 10.2. The van der Waals surface area contributed by atoms with Crippen molar-refractivity contribution >= 4 is 22.0 Å². The summed E-state index contributed by atoms with van der Waals surface area (Å²) in [5.74, 6) is 0.964. The van der Waals surface area contributed by atoms with Gasteiger partial charge in [0.2, 0.25) is 0 Å². The van der Waals surface area contributed by atoms with E-state index in [2.05, 4.69) is 51.3 Å². The number of hydrogen-bond donors (Lipinski definition) is 0. The number of halogens is 1. The fraction of sp³-hybridized carbons (Fsp3) is 0.385. The molecule has 1 aromatic carbocycles. The number of fused-ring (bicyclic) bond motifs is 1. The summed E-state index contributed by atoms with van der Waals surface area (Å²) >= 11 is 3.51. The van der Waals surface area contributed by atoms with Crippen LogP contribution in [0.5, 0.6) is 0 Å². The Morgan fingerprint density at radius 1 is 1.33 bits per heavy atom. The van der Waals surface area contributed by atoms with Gasteiger partial charge in [0.15, 0.2) is 0 Å². The van der Waals surface area contributed by atoms with Crippen LogP contribution in [0.25, 0.3) is 6.08 Å². The van der Waals surface area contributed by atoms with Crippen molar-refractivity contribution in [3.8, 4) is 0 Å². The minimum absolute atomic E-state index is 0.964. The van der Waals surface area contributed by atoms with Gasteiger partial charge in [-0.3, -0.25) is 0 Å². The molecule has 2 heteroatoms. The van der Waals surface area contributed by atoms with E-state index in [4.69, 9.17) is 0 Å². The van der Waals surface area contributed by atoms with Crippen LogP contribution >= 0.6 is 15.9 Å². The smallest absolute Gasteiger partial charge is 0.0430 e. The summed E-state index contributed by atoms with van der Waals surface area (Å²) in [6.07, 6.45) is 7.33. The van der Waals surface area contributed by atoms with E-state index < -0.39 is 0 Å². The van der Waals surface area contributed by atoms with Crippen LogP contribution in [-0.4, -0.2) is 11.4 Å². The third-order valence-corrected chi connectivity index (χ3v) is 3.63. The first kappa shape index (κ1) is 9.46. The first-order chi connectivity index (χ1) is 7.31. The molecular weight excluding hydrogens is 250 g/mol. The number of rotatable bonds is 2. The van der Waals surface area contributed by atoms with Crippen LogP contribution in [0.1, 0.15) is 24.0 Å². The molecule has 0 amide bonds. The molecule has 3 rings (SSSR count). The van der Waals surface area contributed by atoms with Crippen molar-refractivity contribution in [3.63, 3.8) is 0 Å². The van der Waals surface area contributed by atoms with Crippen LogP contribution in [0.4, 0.5) is 0 Å². The minimum atomic E-state index is 0.964. The van der Waals surface area contributed by atoms with Gasteiger partial charge in [-0.05, 0) is 54.3 Å².